The molecule has 1 heteroatoms. The van der Waals surface area contributed by atoms with E-state index in [4.69, 9.17) is 0 Å². The van der Waals surface area contributed by atoms with Crippen LogP contribution < -0.4 is 0 Å². The van der Waals surface area contributed by atoms with Gasteiger partial charge in [-0.25, -0.2) is 0 Å². The highest BCUT2D eigenvalue weighted by Gasteiger charge is 2.23. The third kappa shape index (κ3) is 2.82. The van der Waals surface area contributed by atoms with Crippen molar-refractivity contribution in [2.24, 2.45) is 0 Å². The first-order valence-electron chi connectivity index (χ1n) is 5.99. The van der Waals surface area contributed by atoms with Crippen LogP contribution in [0.5, 0.6) is 0 Å². The van der Waals surface area contributed by atoms with Gasteiger partial charge in [-0.05, 0) is 36.1 Å². The Morgan fingerprint density at radius 1 is 0.938 bits per heavy atom. The molecule has 0 nitrogen and oxygen atoms in total. The maximum Gasteiger partial charge on any atom is 0.0374 e. The zero-order chi connectivity index (χ0) is 12.4. The van der Waals surface area contributed by atoms with Gasteiger partial charge in [-0.2, -0.15) is 11.8 Å². The average Bonchev–Trinajstić information content (AvgIpc) is 2.27. The maximum atomic E-state index is 2.32. The van der Waals surface area contributed by atoms with Crippen molar-refractivity contribution in [2.45, 2.75) is 51.2 Å². The van der Waals surface area contributed by atoms with Crippen LogP contribution in [0.2, 0.25) is 0 Å². The molecule has 0 N–H and O–H groups in total. The lowest BCUT2D eigenvalue weighted by Crippen LogP contribution is -2.16. The van der Waals surface area contributed by atoms with Crippen molar-refractivity contribution in [3.05, 3.63) is 35.4 Å². The van der Waals surface area contributed by atoms with Crippen molar-refractivity contribution < 1.29 is 0 Å². The molecular formula is C15H24S. The zero-order valence-electron chi connectivity index (χ0n) is 11.4. The molecule has 1 atom stereocenters. The second kappa shape index (κ2) is 4.83. The quantitative estimate of drug-likeness (QED) is 0.714. The molecule has 16 heavy (non-hydrogen) atoms. The summed E-state index contributed by atoms with van der Waals surface area (Å²) in [6, 6.07) is 9.14. The van der Waals surface area contributed by atoms with E-state index in [0.29, 0.717) is 0 Å². The lowest BCUT2D eigenvalue weighted by atomic mass is 9.85. The monoisotopic (exact) mass is 236 g/mol. The topological polar surface area (TPSA) is 0 Å². The van der Waals surface area contributed by atoms with Crippen LogP contribution >= 0.6 is 11.8 Å². The van der Waals surface area contributed by atoms with Crippen LogP contribution in [-0.2, 0) is 10.2 Å². The molecule has 1 rings (SSSR count). The lowest BCUT2D eigenvalue weighted by molar-refractivity contribution is 0.588. The third-order valence-electron chi connectivity index (χ3n) is 3.49. The Morgan fingerprint density at radius 2 is 1.38 bits per heavy atom. The van der Waals surface area contributed by atoms with Crippen molar-refractivity contribution >= 4 is 11.8 Å². The molecule has 0 fully saturated rings. The highest BCUT2D eigenvalue weighted by atomic mass is 32.2. The van der Waals surface area contributed by atoms with Crippen LogP contribution in [0.3, 0.4) is 0 Å². The van der Waals surface area contributed by atoms with E-state index in [0.717, 1.165) is 0 Å². The van der Waals surface area contributed by atoms with E-state index < -0.39 is 0 Å². The number of rotatable bonds is 3. The Balaban J connectivity index is 3.04. The number of hydrogen-bond acceptors (Lipinski definition) is 1. The zero-order valence-corrected chi connectivity index (χ0v) is 12.2. The van der Waals surface area contributed by atoms with Gasteiger partial charge in [0.1, 0.15) is 0 Å². The van der Waals surface area contributed by atoms with E-state index >= 15 is 0 Å². The van der Waals surface area contributed by atoms with E-state index in [-0.39, 0.29) is 10.2 Å². The molecule has 0 aromatic heterocycles. The summed E-state index contributed by atoms with van der Waals surface area (Å²) in [6.07, 6.45) is 3.37. The van der Waals surface area contributed by atoms with E-state index in [9.17, 15) is 0 Å². The summed E-state index contributed by atoms with van der Waals surface area (Å²) in [7, 11) is 0. The minimum absolute atomic E-state index is 0.250. The predicted molar refractivity (Wildman–Crippen MR) is 76.3 cm³/mol. The molecule has 0 radical (unpaired) electrons. The van der Waals surface area contributed by atoms with Crippen LogP contribution in [0, 0.1) is 0 Å². The van der Waals surface area contributed by atoms with E-state index in [1.807, 2.05) is 11.8 Å². The van der Waals surface area contributed by atoms with Gasteiger partial charge in [0, 0.05) is 4.75 Å². The second-order valence-electron chi connectivity index (χ2n) is 5.62. The van der Waals surface area contributed by atoms with E-state index in [1.165, 1.54) is 17.5 Å². The minimum Gasteiger partial charge on any atom is -0.154 e. The van der Waals surface area contributed by atoms with Gasteiger partial charge in [-0.15, -0.1) is 0 Å². The highest BCUT2D eigenvalue weighted by molar-refractivity contribution is 7.99. The van der Waals surface area contributed by atoms with Gasteiger partial charge < -0.3 is 0 Å². The fourth-order valence-corrected chi connectivity index (χ4v) is 2.45. The summed E-state index contributed by atoms with van der Waals surface area (Å²) in [4.78, 5) is 0. The molecule has 0 bridgehead atoms. The molecule has 0 aliphatic carbocycles. The van der Waals surface area contributed by atoms with Crippen molar-refractivity contribution in [3.8, 4) is 0 Å². The largest absolute Gasteiger partial charge is 0.154 e. The van der Waals surface area contributed by atoms with Gasteiger partial charge in [-0.3, -0.25) is 0 Å². The Labute approximate surface area is 105 Å². The molecule has 1 unspecified atom stereocenters. The molecule has 0 aliphatic rings. The molecule has 0 heterocycles. The molecular weight excluding hydrogens is 212 g/mol. The van der Waals surface area contributed by atoms with Gasteiger partial charge in [0.25, 0.3) is 0 Å². The highest BCUT2D eigenvalue weighted by Crippen LogP contribution is 2.38. The van der Waals surface area contributed by atoms with Gasteiger partial charge in [-0.1, -0.05) is 52.0 Å². The number of benzene rings is 1. The van der Waals surface area contributed by atoms with Crippen LogP contribution in [0.1, 0.15) is 52.2 Å². The smallest absolute Gasteiger partial charge is 0.0374 e. The maximum absolute atomic E-state index is 2.32. The fourth-order valence-electron chi connectivity index (χ4n) is 1.79. The molecule has 90 valence electrons. The Morgan fingerprint density at radius 3 is 1.69 bits per heavy atom. The summed E-state index contributed by atoms with van der Waals surface area (Å²) < 4.78 is 0.260. The lowest BCUT2D eigenvalue weighted by Gasteiger charge is -2.28. The minimum atomic E-state index is 0.250. The van der Waals surface area contributed by atoms with Crippen molar-refractivity contribution in [1.29, 1.82) is 0 Å². The molecule has 0 aliphatic heterocycles. The first-order chi connectivity index (χ1) is 7.33. The molecule has 0 spiro atoms. The first kappa shape index (κ1) is 13.6. The summed E-state index contributed by atoms with van der Waals surface area (Å²) >= 11 is 1.94. The number of hydrogen-bond donors (Lipinski definition) is 0. The van der Waals surface area contributed by atoms with E-state index in [2.05, 4.69) is 65.1 Å². The summed E-state index contributed by atoms with van der Waals surface area (Å²) in [5, 5.41) is 0. The van der Waals surface area contributed by atoms with E-state index in [1.54, 1.807) is 0 Å². The average molecular weight is 236 g/mol. The van der Waals surface area contributed by atoms with Crippen LogP contribution in [-0.4, -0.2) is 6.26 Å². The van der Waals surface area contributed by atoms with Crippen molar-refractivity contribution in [2.75, 3.05) is 6.26 Å². The predicted octanol–water partition coefficient (Wildman–Crippen LogP) is 4.97. The van der Waals surface area contributed by atoms with Gasteiger partial charge in [0.05, 0.1) is 0 Å². The van der Waals surface area contributed by atoms with Gasteiger partial charge >= 0.3 is 0 Å². The Hall–Kier alpha value is -0.430. The first-order valence-corrected chi connectivity index (χ1v) is 7.22. The van der Waals surface area contributed by atoms with Crippen molar-refractivity contribution in [3.63, 3.8) is 0 Å². The standard InChI is InChI=1S/C15H24S/c1-7-15(5,16-6)13-10-8-12(9-11-13)14(2,3)4/h8-11H,7H2,1-6H3. The van der Waals surface area contributed by atoms with Crippen molar-refractivity contribution in [1.82, 2.24) is 0 Å². The van der Waals surface area contributed by atoms with Gasteiger partial charge in [0.15, 0.2) is 0 Å². The Bertz CT molecular complexity index is 325. The fraction of sp³-hybridized carbons (Fsp3) is 0.600. The second-order valence-corrected chi connectivity index (χ2v) is 6.93. The third-order valence-corrected chi connectivity index (χ3v) is 4.91. The molecule has 0 amide bonds. The van der Waals surface area contributed by atoms with Crippen LogP contribution in [0.15, 0.2) is 24.3 Å². The molecule has 0 saturated carbocycles. The molecule has 1 aromatic carbocycles. The Kier molecular flexibility index (Phi) is 4.12. The SMILES string of the molecule is CCC(C)(SC)c1ccc(C(C)(C)C)cc1. The molecule has 0 saturated heterocycles. The number of thioether (sulfide) groups is 1. The van der Waals surface area contributed by atoms with Gasteiger partial charge in [0.2, 0.25) is 0 Å². The normalized spacial score (nSPS) is 15.9. The molecule has 1 aromatic rings. The summed E-state index contributed by atoms with van der Waals surface area (Å²) in [5.41, 5.74) is 3.10. The van der Waals surface area contributed by atoms with Crippen LogP contribution in [0.25, 0.3) is 0 Å². The van der Waals surface area contributed by atoms with Crippen LogP contribution in [0.4, 0.5) is 0 Å². The summed E-state index contributed by atoms with van der Waals surface area (Å²) in [5.74, 6) is 0. The summed E-state index contributed by atoms with van der Waals surface area (Å²) in [6.45, 7) is 11.4.